The third-order valence-electron chi connectivity index (χ3n) is 0. The molecule has 0 saturated heterocycles. The molecule has 0 atom stereocenters. The Labute approximate surface area is 77.2 Å². The molecule has 0 aliphatic carbocycles. The van der Waals surface area contributed by atoms with E-state index < -0.39 is 0 Å². The van der Waals surface area contributed by atoms with E-state index in [1.165, 1.54) is 0 Å². The summed E-state index contributed by atoms with van der Waals surface area (Å²) >= 11 is 0. The minimum absolute atomic E-state index is 0. The van der Waals surface area contributed by atoms with E-state index in [1.807, 2.05) is 0 Å². The fraction of sp³-hybridized carbons (Fsp3) is 0.500. The van der Waals surface area contributed by atoms with Crippen LogP contribution in [0.4, 0.5) is 0 Å². The Balaban J connectivity index is -0.00000000333. The van der Waals surface area contributed by atoms with E-state index in [9.17, 15) is 0 Å². The van der Waals surface area contributed by atoms with Gasteiger partial charge in [0.15, 0.2) is 0 Å². The summed E-state index contributed by atoms with van der Waals surface area (Å²) in [6, 6.07) is 0. The molecule has 1 nitrogen and oxygen atoms in total. The summed E-state index contributed by atoms with van der Waals surface area (Å²) < 4.78 is 0. The first-order chi connectivity index (χ1) is 1.41. The molecule has 7 heavy (non-hydrogen) atoms. The van der Waals surface area contributed by atoms with Crippen molar-refractivity contribution in [2.75, 3.05) is 6.54 Å². The number of nitrogens with one attached hydrogen (secondary N) is 1. The zero-order chi connectivity index (χ0) is 2.71. The van der Waals surface area contributed by atoms with Gasteiger partial charge in [0, 0.05) is 21.7 Å². The molecule has 3 heteroatoms. The van der Waals surface area contributed by atoms with Gasteiger partial charge in [-0.2, -0.15) is 6.54 Å². The Morgan fingerprint density at radius 2 is 1.29 bits per heavy atom. The number of rotatable bonds is 0. The quantitative estimate of drug-likeness (QED) is 0.391. The third-order valence-corrected chi connectivity index (χ3v) is 0. The van der Waals surface area contributed by atoms with Crippen LogP contribution in [0, 0.1) is 14.9 Å². The van der Waals surface area contributed by atoms with Crippen LogP contribution in [0.25, 0.3) is 5.73 Å². The minimum Gasteiger partial charge on any atom is -0.678 e. The largest absolute Gasteiger partial charge is 3.00 e. The average Bonchev–Trinajstić information content (AvgIpc) is 0.918. The smallest absolute Gasteiger partial charge is 0.678 e. The normalized spacial score (nSPS) is 2.57. The molecule has 0 heterocycles. The van der Waals surface area contributed by atoms with Gasteiger partial charge in [-0.25, -0.2) is 0 Å². The molecule has 0 rings (SSSR count). The van der Waals surface area contributed by atoms with Crippen molar-refractivity contribution in [1.29, 1.82) is 0 Å². The van der Waals surface area contributed by atoms with Gasteiger partial charge in [-0.15, -0.1) is 0 Å². The van der Waals surface area contributed by atoms with Crippen molar-refractivity contribution in [3.8, 4) is 0 Å². The molecule has 0 fully saturated rings. The molecule has 1 radical (unpaired) electrons. The van der Waals surface area contributed by atoms with Crippen molar-refractivity contribution < 1.29 is 43.4 Å². The first-order valence-electron chi connectivity index (χ1n) is 1.06. The van der Waals surface area contributed by atoms with Gasteiger partial charge in [-0.05, 0) is 0 Å². The summed E-state index contributed by atoms with van der Waals surface area (Å²) in [5.41, 5.74) is 6.21. The van der Waals surface area contributed by atoms with Crippen molar-refractivity contribution in [3.63, 3.8) is 0 Å². The van der Waals surface area contributed by atoms with Gasteiger partial charge in [0.1, 0.15) is 0 Å². The van der Waals surface area contributed by atoms with Crippen molar-refractivity contribution in [3.05, 3.63) is 20.6 Å². The van der Waals surface area contributed by atoms with Gasteiger partial charge >= 0.3 is 21.7 Å². The number of hydrogen-bond donors (Lipinski definition) is 0. The molecule has 0 aromatic heterocycles. The van der Waals surface area contributed by atoms with Crippen molar-refractivity contribution >= 4 is 0 Å². The standard InChI is InChI=1S/C2H6N.2CH3.2Ti/c1-2-3;;;;/h3H,2H2,1H3;2*1H3;;/q3*-1;;+3. The summed E-state index contributed by atoms with van der Waals surface area (Å²) in [6.45, 7) is 2.29. The van der Waals surface area contributed by atoms with E-state index in [2.05, 4.69) is 0 Å². The van der Waals surface area contributed by atoms with Crippen molar-refractivity contribution in [1.82, 2.24) is 0 Å². The molecule has 0 aromatic carbocycles. The second kappa shape index (κ2) is 52.9. The average molecular weight is 170 g/mol. The zero-order valence-corrected chi connectivity index (χ0v) is 8.33. The van der Waals surface area contributed by atoms with Crippen LogP contribution in [0.2, 0.25) is 0 Å². The summed E-state index contributed by atoms with van der Waals surface area (Å²) in [4.78, 5) is 0. The predicted octanol–water partition coefficient (Wildman–Crippen LogP) is 1.95. The van der Waals surface area contributed by atoms with Gasteiger partial charge in [0.05, 0.1) is 0 Å². The van der Waals surface area contributed by atoms with Crippen LogP contribution in [0.3, 0.4) is 0 Å². The fourth-order valence-corrected chi connectivity index (χ4v) is 0. The molecule has 0 bridgehead atoms. The van der Waals surface area contributed by atoms with Crippen molar-refractivity contribution in [2.24, 2.45) is 0 Å². The van der Waals surface area contributed by atoms with E-state index >= 15 is 0 Å². The maximum atomic E-state index is 6.21. The van der Waals surface area contributed by atoms with E-state index in [4.69, 9.17) is 5.73 Å². The topological polar surface area (TPSA) is 23.8 Å². The monoisotopic (exact) mass is 170 g/mol. The zero-order valence-electron chi connectivity index (χ0n) is 5.21. The molecule has 41 valence electrons. The molecule has 0 unspecified atom stereocenters. The molecule has 0 amide bonds. The SMILES string of the molecule is CC[NH-].[CH3-].[CH3-].[Ti+3].[Ti]. The van der Waals surface area contributed by atoms with Crippen LogP contribution in [0.5, 0.6) is 0 Å². The molecule has 0 aliphatic heterocycles. The predicted molar refractivity (Wildman–Crippen MR) is 27.7 cm³/mol. The van der Waals surface area contributed by atoms with Crippen LogP contribution in [-0.2, 0) is 43.4 Å². The van der Waals surface area contributed by atoms with Gasteiger partial charge in [-0.3, -0.25) is 0 Å². The van der Waals surface area contributed by atoms with Crippen LogP contribution < -0.4 is 0 Å². The van der Waals surface area contributed by atoms with Crippen LogP contribution >= 0.6 is 0 Å². The summed E-state index contributed by atoms with van der Waals surface area (Å²) in [5, 5.41) is 0. The first kappa shape index (κ1) is 39.9. The maximum Gasteiger partial charge on any atom is 3.00 e. The molecule has 1 N–H and O–H groups in total. The van der Waals surface area contributed by atoms with Gasteiger partial charge < -0.3 is 20.6 Å². The van der Waals surface area contributed by atoms with Crippen LogP contribution in [-0.4, -0.2) is 6.54 Å². The van der Waals surface area contributed by atoms with E-state index in [-0.39, 0.29) is 58.3 Å². The molecular formula is C4H12NTi2. The first-order valence-corrected chi connectivity index (χ1v) is 1.06. The molecule has 0 aromatic rings. The Kier molecular flexibility index (Phi) is 301. The Morgan fingerprint density at radius 3 is 1.29 bits per heavy atom. The minimum atomic E-state index is 0. The van der Waals surface area contributed by atoms with Gasteiger partial charge in [0.25, 0.3) is 0 Å². The summed E-state index contributed by atoms with van der Waals surface area (Å²) in [5.74, 6) is 0. The second-order valence-electron chi connectivity index (χ2n) is 0.354. The molecule has 0 aliphatic rings. The molecule has 0 saturated carbocycles. The van der Waals surface area contributed by atoms with E-state index in [0.717, 1.165) is 0 Å². The van der Waals surface area contributed by atoms with Gasteiger partial charge in [-0.1, -0.05) is 6.92 Å². The maximum absolute atomic E-state index is 6.21. The molecule has 0 spiro atoms. The molecular weight excluding hydrogens is 158 g/mol. The second-order valence-corrected chi connectivity index (χ2v) is 0.354. The third kappa shape index (κ3) is 111. The Morgan fingerprint density at radius 1 is 1.29 bits per heavy atom. The van der Waals surface area contributed by atoms with E-state index in [0.29, 0.717) is 6.54 Å². The van der Waals surface area contributed by atoms with Crippen molar-refractivity contribution in [2.45, 2.75) is 6.92 Å². The fourth-order valence-electron chi connectivity index (χ4n) is 0. The van der Waals surface area contributed by atoms with Crippen LogP contribution in [0.15, 0.2) is 0 Å². The van der Waals surface area contributed by atoms with Gasteiger partial charge in [0.2, 0.25) is 0 Å². The van der Waals surface area contributed by atoms with Crippen LogP contribution in [0.1, 0.15) is 6.92 Å². The Hall–Kier alpha value is 1.39. The summed E-state index contributed by atoms with van der Waals surface area (Å²) in [7, 11) is 0. The summed E-state index contributed by atoms with van der Waals surface area (Å²) in [6.07, 6.45) is 0. The van der Waals surface area contributed by atoms with E-state index in [1.54, 1.807) is 6.92 Å². The Bertz CT molecular complexity index is 9.65. The number of hydrogen-bond acceptors (Lipinski definition) is 0.